The molecule has 0 amide bonds. The van der Waals surface area contributed by atoms with Crippen LogP contribution in [0.1, 0.15) is 39.5 Å². The molecular weight excluding hydrogens is 315 g/mol. The Hall–Kier alpha value is -1.66. The van der Waals surface area contributed by atoms with Crippen LogP contribution in [-0.2, 0) is 14.3 Å². The zero-order valence-electron chi connectivity index (χ0n) is 14.3. The Morgan fingerprint density at radius 1 is 1.25 bits per heavy atom. The predicted molar refractivity (Wildman–Crippen MR) is 86.5 cm³/mol. The van der Waals surface area contributed by atoms with Crippen LogP contribution in [0.3, 0.4) is 0 Å². The van der Waals surface area contributed by atoms with Crippen LogP contribution in [0.5, 0.6) is 11.5 Å². The average Bonchev–Trinajstić information content (AvgIpc) is 2.58. The van der Waals surface area contributed by atoms with Gasteiger partial charge in [0.1, 0.15) is 11.7 Å². The van der Waals surface area contributed by atoms with Crippen molar-refractivity contribution in [1.29, 1.82) is 0 Å². The molecule has 1 aliphatic rings. The Morgan fingerprint density at radius 3 is 2.62 bits per heavy atom. The van der Waals surface area contributed by atoms with Crippen LogP contribution in [0.25, 0.3) is 0 Å². The second-order valence-electron chi connectivity index (χ2n) is 5.74. The van der Waals surface area contributed by atoms with Crippen molar-refractivity contribution in [2.45, 2.75) is 45.8 Å². The third-order valence-corrected chi connectivity index (χ3v) is 3.77. The van der Waals surface area contributed by atoms with Crippen LogP contribution in [0.15, 0.2) is 18.2 Å². The van der Waals surface area contributed by atoms with Crippen molar-refractivity contribution in [3.63, 3.8) is 0 Å². The molecule has 0 radical (unpaired) electrons. The molecule has 1 aromatic carbocycles. The van der Waals surface area contributed by atoms with Gasteiger partial charge in [-0.2, -0.15) is 0 Å². The van der Waals surface area contributed by atoms with Gasteiger partial charge in [-0.3, -0.25) is 4.79 Å². The first-order chi connectivity index (χ1) is 11.6. The fraction of sp³-hybridized carbons (Fsp3) is 0.611. The lowest BCUT2D eigenvalue weighted by Gasteiger charge is -2.28. The van der Waals surface area contributed by atoms with E-state index in [-0.39, 0.29) is 25.3 Å². The Labute approximate surface area is 142 Å². The van der Waals surface area contributed by atoms with Crippen LogP contribution in [0.2, 0.25) is 0 Å². The van der Waals surface area contributed by atoms with Gasteiger partial charge in [-0.15, -0.1) is 0 Å². The second-order valence-corrected chi connectivity index (χ2v) is 5.74. The van der Waals surface area contributed by atoms with Gasteiger partial charge in [0.05, 0.1) is 19.8 Å². The summed E-state index contributed by atoms with van der Waals surface area (Å²) in [6, 6.07) is 4.15. The molecule has 134 valence electrons. The lowest BCUT2D eigenvalue weighted by molar-refractivity contribution is -0.208. The van der Waals surface area contributed by atoms with Gasteiger partial charge in [0.2, 0.25) is 0 Å². The predicted octanol–water partition coefficient (Wildman–Crippen LogP) is 3.70. The summed E-state index contributed by atoms with van der Waals surface area (Å²) in [7, 11) is 0. The van der Waals surface area contributed by atoms with Crippen LogP contribution in [0, 0.1) is 11.7 Å². The smallest absolute Gasteiger partial charge is 0.319 e. The van der Waals surface area contributed by atoms with Crippen LogP contribution in [0.4, 0.5) is 4.39 Å². The van der Waals surface area contributed by atoms with Crippen molar-refractivity contribution >= 4 is 5.97 Å². The van der Waals surface area contributed by atoms with Crippen molar-refractivity contribution in [3.05, 3.63) is 24.0 Å². The monoisotopic (exact) mass is 340 g/mol. The number of esters is 1. The Morgan fingerprint density at radius 2 is 2.00 bits per heavy atom. The molecule has 1 aromatic rings. The molecule has 0 unspecified atom stereocenters. The number of hydrogen-bond donors (Lipinski definition) is 0. The van der Waals surface area contributed by atoms with Crippen molar-refractivity contribution in [1.82, 2.24) is 0 Å². The number of carbonyl (C=O) groups excluding carboxylic acids is 1. The third-order valence-electron chi connectivity index (χ3n) is 3.77. The van der Waals surface area contributed by atoms with Gasteiger partial charge in [-0.1, -0.05) is 19.8 Å². The van der Waals surface area contributed by atoms with Crippen LogP contribution < -0.4 is 9.47 Å². The van der Waals surface area contributed by atoms with E-state index in [2.05, 4.69) is 6.92 Å². The number of halogens is 1. The molecule has 1 aliphatic heterocycles. The molecule has 0 bridgehead atoms. The number of rotatable bonds is 8. The molecule has 2 rings (SSSR count). The summed E-state index contributed by atoms with van der Waals surface area (Å²) >= 11 is 0. The molecule has 0 spiro atoms. The molecule has 0 aromatic heterocycles. The first-order valence-electron chi connectivity index (χ1n) is 8.51. The minimum absolute atomic E-state index is 0.117. The highest BCUT2D eigenvalue weighted by Gasteiger charge is 2.29. The summed E-state index contributed by atoms with van der Waals surface area (Å²) in [6.07, 6.45) is 3.86. The minimum atomic E-state index is -0.635. The van der Waals surface area contributed by atoms with E-state index in [1.54, 1.807) is 6.07 Å². The highest BCUT2D eigenvalue weighted by atomic mass is 19.1. The average molecular weight is 340 g/mol. The van der Waals surface area contributed by atoms with Gasteiger partial charge in [-0.05, 0) is 31.9 Å². The summed E-state index contributed by atoms with van der Waals surface area (Å²) in [5.41, 5.74) is 0. The SMILES string of the molecule is CCCCCC1OCC(C(=O)Oc2ccc(OCC)cc2F)CO1. The zero-order valence-corrected chi connectivity index (χ0v) is 14.3. The molecule has 0 N–H and O–H groups in total. The van der Waals surface area contributed by atoms with E-state index in [9.17, 15) is 9.18 Å². The zero-order chi connectivity index (χ0) is 17.4. The molecule has 0 atom stereocenters. The van der Waals surface area contributed by atoms with Gasteiger partial charge in [-0.25, -0.2) is 4.39 Å². The highest BCUT2D eigenvalue weighted by molar-refractivity contribution is 5.75. The van der Waals surface area contributed by atoms with Crippen LogP contribution in [-0.4, -0.2) is 32.1 Å². The topological polar surface area (TPSA) is 54.0 Å². The molecule has 24 heavy (non-hydrogen) atoms. The van der Waals surface area contributed by atoms with E-state index in [1.165, 1.54) is 12.1 Å². The van der Waals surface area contributed by atoms with E-state index in [1.807, 2.05) is 6.92 Å². The molecule has 5 nitrogen and oxygen atoms in total. The standard InChI is InChI=1S/C18H25FO5/c1-3-5-6-7-17-22-11-13(12-23-17)18(20)24-16-9-8-14(21-4-2)10-15(16)19/h8-10,13,17H,3-7,11-12H2,1-2H3. The van der Waals surface area contributed by atoms with E-state index < -0.39 is 17.7 Å². The normalized spacial score (nSPS) is 20.6. The Bertz CT molecular complexity index is 526. The van der Waals surface area contributed by atoms with Gasteiger partial charge < -0.3 is 18.9 Å². The van der Waals surface area contributed by atoms with Gasteiger partial charge >= 0.3 is 5.97 Å². The number of hydrogen-bond acceptors (Lipinski definition) is 5. The number of ether oxygens (including phenoxy) is 4. The molecule has 0 aliphatic carbocycles. The van der Waals surface area contributed by atoms with E-state index in [0.29, 0.717) is 12.4 Å². The van der Waals surface area contributed by atoms with E-state index >= 15 is 0 Å². The number of carbonyl (C=O) groups is 1. The summed E-state index contributed by atoms with van der Waals surface area (Å²) in [5.74, 6) is -1.45. The van der Waals surface area contributed by atoms with Gasteiger partial charge in [0.25, 0.3) is 0 Å². The summed E-state index contributed by atoms with van der Waals surface area (Å²) in [4.78, 5) is 12.1. The molecule has 6 heteroatoms. The Balaban J connectivity index is 1.81. The van der Waals surface area contributed by atoms with Crippen molar-refractivity contribution in [2.24, 2.45) is 5.92 Å². The molecule has 1 heterocycles. The summed E-state index contributed by atoms with van der Waals surface area (Å²) in [5, 5.41) is 0. The van der Waals surface area contributed by atoms with E-state index in [4.69, 9.17) is 18.9 Å². The van der Waals surface area contributed by atoms with Gasteiger partial charge in [0, 0.05) is 6.07 Å². The van der Waals surface area contributed by atoms with E-state index in [0.717, 1.165) is 25.7 Å². The molecule has 1 fully saturated rings. The lowest BCUT2D eigenvalue weighted by atomic mass is 10.1. The van der Waals surface area contributed by atoms with Crippen molar-refractivity contribution in [3.8, 4) is 11.5 Å². The molecular formula is C18H25FO5. The maximum Gasteiger partial charge on any atom is 0.319 e. The second kappa shape index (κ2) is 9.59. The third kappa shape index (κ3) is 5.46. The largest absolute Gasteiger partial charge is 0.494 e. The maximum absolute atomic E-state index is 13.9. The van der Waals surface area contributed by atoms with Crippen molar-refractivity contribution < 1.29 is 28.1 Å². The summed E-state index contributed by atoms with van der Waals surface area (Å²) in [6.45, 7) is 4.84. The fourth-order valence-electron chi connectivity index (χ4n) is 2.42. The maximum atomic E-state index is 13.9. The molecule has 0 saturated carbocycles. The van der Waals surface area contributed by atoms with Crippen LogP contribution >= 0.6 is 0 Å². The Kier molecular flexibility index (Phi) is 7.46. The fourth-order valence-corrected chi connectivity index (χ4v) is 2.42. The first kappa shape index (κ1) is 18.7. The quantitative estimate of drug-likeness (QED) is 0.410. The minimum Gasteiger partial charge on any atom is -0.494 e. The number of benzene rings is 1. The first-order valence-corrected chi connectivity index (χ1v) is 8.51. The lowest BCUT2D eigenvalue weighted by Crippen LogP contribution is -2.38. The molecule has 1 saturated heterocycles. The van der Waals surface area contributed by atoms with Gasteiger partial charge in [0.15, 0.2) is 17.9 Å². The van der Waals surface area contributed by atoms with Crippen molar-refractivity contribution in [2.75, 3.05) is 19.8 Å². The number of unbranched alkanes of at least 4 members (excludes halogenated alkanes) is 2. The summed E-state index contributed by atoms with van der Waals surface area (Å²) < 4.78 is 35.3. The highest BCUT2D eigenvalue weighted by Crippen LogP contribution is 2.24.